The van der Waals surface area contributed by atoms with Crippen LogP contribution in [0.15, 0.2) is 23.0 Å². The highest BCUT2D eigenvalue weighted by Crippen LogP contribution is 2.63. The van der Waals surface area contributed by atoms with Gasteiger partial charge in [-0.25, -0.2) is 0 Å². The minimum absolute atomic E-state index is 0.0562. The van der Waals surface area contributed by atoms with Gasteiger partial charge in [0.2, 0.25) is 0 Å². The third kappa shape index (κ3) is 2.30. The van der Waals surface area contributed by atoms with Crippen molar-refractivity contribution in [2.75, 3.05) is 0 Å². The zero-order chi connectivity index (χ0) is 17.8. The molecule has 1 aromatic rings. The van der Waals surface area contributed by atoms with Gasteiger partial charge in [-0.1, -0.05) is 20.8 Å². The molecular weight excluding hydrogens is 304 g/mol. The van der Waals surface area contributed by atoms with E-state index in [9.17, 15) is 14.7 Å². The Balaban J connectivity index is 1.96. The highest BCUT2D eigenvalue weighted by molar-refractivity contribution is 5.96. The highest BCUT2D eigenvalue weighted by atomic mass is 16.3. The van der Waals surface area contributed by atoms with Crippen LogP contribution in [0, 0.1) is 22.7 Å². The van der Waals surface area contributed by atoms with Crippen molar-refractivity contribution < 1.29 is 19.1 Å². The van der Waals surface area contributed by atoms with Gasteiger partial charge in [-0.05, 0) is 49.5 Å². The summed E-state index contributed by atoms with van der Waals surface area (Å²) in [6, 6.07) is 1.71. The molecule has 1 heterocycles. The van der Waals surface area contributed by atoms with Crippen LogP contribution < -0.4 is 0 Å². The van der Waals surface area contributed by atoms with Crippen molar-refractivity contribution in [3.8, 4) is 0 Å². The van der Waals surface area contributed by atoms with Gasteiger partial charge in [0.1, 0.15) is 11.9 Å². The second kappa shape index (κ2) is 5.55. The van der Waals surface area contributed by atoms with E-state index in [4.69, 9.17) is 4.42 Å². The van der Waals surface area contributed by atoms with Gasteiger partial charge in [0.15, 0.2) is 11.6 Å². The standard InChI is InChI=1S/C20H28O4/c1-13-7-9-19(3)16(5-6-17(22)20(19,4)23)18(13,2)11-15(21)14-8-10-24-12-14/h8,10,12-13,16,23H,5-7,9,11H2,1-4H3. The molecule has 5 unspecified atom stereocenters. The minimum Gasteiger partial charge on any atom is -0.472 e. The number of Topliss-reactive ketones (excluding diaryl/α,β-unsaturated/α-hetero) is 2. The summed E-state index contributed by atoms with van der Waals surface area (Å²) in [6.07, 6.45) is 6.35. The fourth-order valence-corrected chi connectivity index (χ4v) is 5.33. The Kier molecular flexibility index (Phi) is 4.03. The zero-order valence-corrected chi connectivity index (χ0v) is 15.1. The lowest BCUT2D eigenvalue weighted by Gasteiger charge is -2.61. The summed E-state index contributed by atoms with van der Waals surface area (Å²) in [5.74, 6) is 0.547. The minimum atomic E-state index is -1.31. The van der Waals surface area contributed by atoms with Crippen molar-refractivity contribution in [2.24, 2.45) is 22.7 Å². The second-order valence-electron chi connectivity index (χ2n) is 8.56. The largest absolute Gasteiger partial charge is 0.472 e. The maximum Gasteiger partial charge on any atom is 0.166 e. The van der Waals surface area contributed by atoms with E-state index in [1.165, 1.54) is 12.5 Å². The van der Waals surface area contributed by atoms with Crippen molar-refractivity contribution in [1.29, 1.82) is 0 Å². The molecule has 0 bridgehead atoms. The average Bonchev–Trinajstić information content (AvgIpc) is 3.04. The average molecular weight is 332 g/mol. The Morgan fingerprint density at radius 2 is 2.04 bits per heavy atom. The van der Waals surface area contributed by atoms with Crippen LogP contribution in [0.5, 0.6) is 0 Å². The van der Waals surface area contributed by atoms with Crippen LogP contribution in [0.2, 0.25) is 0 Å². The maximum absolute atomic E-state index is 12.7. The van der Waals surface area contributed by atoms with Gasteiger partial charge < -0.3 is 9.52 Å². The van der Waals surface area contributed by atoms with Gasteiger partial charge >= 0.3 is 0 Å². The van der Waals surface area contributed by atoms with Crippen molar-refractivity contribution in [1.82, 2.24) is 0 Å². The van der Waals surface area contributed by atoms with Gasteiger partial charge in [-0.3, -0.25) is 9.59 Å². The summed E-state index contributed by atoms with van der Waals surface area (Å²) in [7, 11) is 0. The first kappa shape index (κ1) is 17.4. The molecule has 2 aliphatic carbocycles. The number of aliphatic hydroxyl groups is 1. The molecule has 0 aliphatic heterocycles. The number of carbonyl (C=O) groups is 2. The topological polar surface area (TPSA) is 67.5 Å². The van der Waals surface area contributed by atoms with E-state index in [-0.39, 0.29) is 22.9 Å². The van der Waals surface area contributed by atoms with Crippen molar-refractivity contribution in [2.45, 2.75) is 65.4 Å². The number of rotatable bonds is 3. The molecule has 2 aliphatic rings. The molecule has 4 heteroatoms. The summed E-state index contributed by atoms with van der Waals surface area (Å²) < 4.78 is 5.05. The summed E-state index contributed by atoms with van der Waals surface area (Å²) in [6.45, 7) is 8.09. The lowest BCUT2D eigenvalue weighted by molar-refractivity contribution is -0.193. The molecule has 0 aromatic carbocycles. The third-order valence-corrected chi connectivity index (χ3v) is 7.49. The Bertz CT molecular complexity index is 645. The van der Waals surface area contributed by atoms with Crippen LogP contribution in [0.4, 0.5) is 0 Å². The van der Waals surface area contributed by atoms with Gasteiger partial charge in [-0.2, -0.15) is 0 Å². The Morgan fingerprint density at radius 3 is 2.67 bits per heavy atom. The van der Waals surface area contributed by atoms with Crippen molar-refractivity contribution in [3.63, 3.8) is 0 Å². The monoisotopic (exact) mass is 332 g/mol. The predicted octanol–water partition coefficient (Wildman–Crippen LogP) is 4.03. The summed E-state index contributed by atoms with van der Waals surface area (Å²) >= 11 is 0. The molecule has 4 nitrogen and oxygen atoms in total. The van der Waals surface area contributed by atoms with E-state index >= 15 is 0 Å². The van der Waals surface area contributed by atoms with E-state index in [0.717, 1.165) is 19.3 Å². The molecule has 24 heavy (non-hydrogen) atoms. The first-order valence-corrected chi connectivity index (χ1v) is 8.94. The number of hydrogen-bond acceptors (Lipinski definition) is 4. The highest BCUT2D eigenvalue weighted by Gasteiger charge is 2.63. The molecule has 1 N–H and O–H groups in total. The molecule has 0 radical (unpaired) electrons. The first-order chi connectivity index (χ1) is 11.1. The van der Waals surface area contributed by atoms with Crippen molar-refractivity contribution >= 4 is 11.6 Å². The van der Waals surface area contributed by atoms with Crippen LogP contribution >= 0.6 is 0 Å². The van der Waals surface area contributed by atoms with Gasteiger partial charge in [0.05, 0.1) is 11.8 Å². The Labute approximate surface area is 143 Å². The molecule has 5 atom stereocenters. The molecular formula is C20H28O4. The molecule has 0 saturated heterocycles. The number of ketones is 2. The quantitative estimate of drug-likeness (QED) is 0.849. The summed E-state index contributed by atoms with van der Waals surface area (Å²) in [5, 5.41) is 11.0. The van der Waals surface area contributed by atoms with Crippen LogP contribution in [0.25, 0.3) is 0 Å². The van der Waals surface area contributed by atoms with Gasteiger partial charge in [-0.15, -0.1) is 0 Å². The lowest BCUT2D eigenvalue weighted by atomic mass is 9.43. The fraction of sp³-hybridized carbons (Fsp3) is 0.700. The number of fused-ring (bicyclic) bond motifs is 1. The molecule has 2 saturated carbocycles. The Hall–Kier alpha value is -1.42. The molecule has 2 fully saturated rings. The summed E-state index contributed by atoms with van der Waals surface area (Å²) in [4.78, 5) is 25.1. The van der Waals surface area contributed by atoms with Crippen molar-refractivity contribution in [3.05, 3.63) is 24.2 Å². The second-order valence-corrected chi connectivity index (χ2v) is 8.56. The van der Waals surface area contributed by atoms with Crippen LogP contribution in [-0.2, 0) is 4.79 Å². The zero-order valence-electron chi connectivity index (χ0n) is 15.1. The van der Waals surface area contributed by atoms with E-state index in [1.807, 2.05) is 6.92 Å². The van der Waals surface area contributed by atoms with Crippen LogP contribution in [0.3, 0.4) is 0 Å². The van der Waals surface area contributed by atoms with E-state index in [0.29, 0.717) is 24.3 Å². The number of carbonyl (C=O) groups excluding carboxylic acids is 2. The van der Waals surface area contributed by atoms with Gasteiger partial charge in [0.25, 0.3) is 0 Å². The molecule has 0 spiro atoms. The van der Waals surface area contributed by atoms with Crippen LogP contribution in [-0.4, -0.2) is 22.3 Å². The third-order valence-electron chi connectivity index (χ3n) is 7.49. The van der Waals surface area contributed by atoms with Gasteiger partial charge in [0, 0.05) is 18.3 Å². The number of furan rings is 1. The SMILES string of the molecule is CC1CCC2(C)C(CCC(=O)C2(C)O)C1(C)CC(=O)c1ccoc1. The molecule has 132 valence electrons. The predicted molar refractivity (Wildman–Crippen MR) is 90.6 cm³/mol. The first-order valence-electron chi connectivity index (χ1n) is 8.94. The fourth-order valence-electron chi connectivity index (χ4n) is 5.33. The summed E-state index contributed by atoms with van der Waals surface area (Å²) in [5.41, 5.74) is -1.41. The van der Waals surface area contributed by atoms with E-state index < -0.39 is 11.0 Å². The lowest BCUT2D eigenvalue weighted by Crippen LogP contribution is -2.63. The normalized spacial score (nSPS) is 42.6. The number of hydrogen-bond donors (Lipinski definition) is 1. The Morgan fingerprint density at radius 1 is 1.33 bits per heavy atom. The van der Waals surface area contributed by atoms with E-state index in [2.05, 4.69) is 13.8 Å². The van der Waals surface area contributed by atoms with Crippen LogP contribution in [0.1, 0.15) is 70.2 Å². The molecule has 3 rings (SSSR count). The maximum atomic E-state index is 12.7. The smallest absolute Gasteiger partial charge is 0.166 e. The molecule has 0 amide bonds. The molecule has 1 aromatic heterocycles. The van der Waals surface area contributed by atoms with E-state index in [1.54, 1.807) is 13.0 Å².